The van der Waals surface area contributed by atoms with Crippen molar-refractivity contribution in [1.82, 2.24) is 5.32 Å². The molecule has 2 aromatic rings. The molecule has 0 aromatic heterocycles. The summed E-state index contributed by atoms with van der Waals surface area (Å²) in [5.41, 5.74) is 1.45. The zero-order valence-electron chi connectivity index (χ0n) is 14.5. The number of hydrogen-bond acceptors (Lipinski definition) is 5. The number of methoxy groups -OCH3 is 1. The largest absolute Gasteiger partial charge is 0.497 e. The van der Waals surface area contributed by atoms with Gasteiger partial charge in [0.1, 0.15) is 11.9 Å². The van der Waals surface area contributed by atoms with E-state index in [4.69, 9.17) is 9.47 Å². The Kier molecular flexibility index (Phi) is 5.83. The first-order valence-corrected chi connectivity index (χ1v) is 8.35. The van der Waals surface area contributed by atoms with Gasteiger partial charge in [0.25, 0.3) is 11.8 Å². The predicted molar refractivity (Wildman–Crippen MR) is 98.6 cm³/mol. The molecule has 2 aromatic carbocycles. The Morgan fingerprint density at radius 1 is 1.12 bits per heavy atom. The summed E-state index contributed by atoms with van der Waals surface area (Å²) in [5.74, 6) is 0.118. The molecule has 3 rings (SSSR count). The zero-order valence-corrected chi connectivity index (χ0v) is 14.5. The highest BCUT2D eigenvalue weighted by molar-refractivity contribution is 6.10. The fourth-order valence-corrected chi connectivity index (χ4v) is 2.61. The Balaban J connectivity index is 1.70. The van der Waals surface area contributed by atoms with E-state index in [1.165, 1.54) is 0 Å². The van der Waals surface area contributed by atoms with Gasteiger partial charge in [0.15, 0.2) is 0 Å². The van der Waals surface area contributed by atoms with Crippen molar-refractivity contribution in [3.05, 3.63) is 54.1 Å². The van der Waals surface area contributed by atoms with Crippen LogP contribution in [0, 0.1) is 0 Å². The minimum Gasteiger partial charge on any atom is -0.497 e. The molecule has 7 nitrogen and oxygen atoms in total. The third kappa shape index (κ3) is 4.38. The van der Waals surface area contributed by atoms with Gasteiger partial charge in [-0.1, -0.05) is 12.1 Å². The molecule has 3 N–H and O–H groups in total. The molecule has 1 saturated heterocycles. The van der Waals surface area contributed by atoms with Crippen LogP contribution in [-0.2, 0) is 9.53 Å². The van der Waals surface area contributed by atoms with Gasteiger partial charge in [-0.3, -0.25) is 9.59 Å². The smallest absolute Gasteiger partial charge is 0.257 e. The standard InChI is InChI=1S/C19H21N3O4/c1-25-14-8-6-13(7-9-14)21-18(23)15-4-2-3-5-16(15)22-19(24)17-12-20-10-11-26-17/h2-9,17,20H,10-12H2,1H3,(H,21,23)(H,22,24)/t17-/m1/s1. The average molecular weight is 355 g/mol. The highest BCUT2D eigenvalue weighted by Crippen LogP contribution is 2.20. The first-order valence-electron chi connectivity index (χ1n) is 8.35. The molecule has 0 bridgehead atoms. The Bertz CT molecular complexity index is 771. The summed E-state index contributed by atoms with van der Waals surface area (Å²) < 4.78 is 10.5. The lowest BCUT2D eigenvalue weighted by atomic mass is 10.1. The highest BCUT2D eigenvalue weighted by atomic mass is 16.5. The molecule has 0 aliphatic carbocycles. The van der Waals surface area contributed by atoms with Gasteiger partial charge in [-0.15, -0.1) is 0 Å². The van der Waals surface area contributed by atoms with Crippen LogP contribution >= 0.6 is 0 Å². The van der Waals surface area contributed by atoms with Crippen molar-refractivity contribution in [2.75, 3.05) is 37.4 Å². The van der Waals surface area contributed by atoms with Crippen LogP contribution in [0.25, 0.3) is 0 Å². The summed E-state index contributed by atoms with van der Waals surface area (Å²) in [5, 5.41) is 8.70. The van der Waals surface area contributed by atoms with Gasteiger partial charge in [-0.2, -0.15) is 0 Å². The lowest BCUT2D eigenvalue weighted by molar-refractivity contribution is -0.128. The van der Waals surface area contributed by atoms with Gasteiger partial charge in [0.05, 0.1) is 25.0 Å². The first kappa shape index (κ1) is 17.9. The number of nitrogens with one attached hydrogen (secondary N) is 3. The third-order valence-corrected chi connectivity index (χ3v) is 4.00. The summed E-state index contributed by atoms with van der Waals surface area (Å²) >= 11 is 0. The van der Waals surface area contributed by atoms with Gasteiger partial charge in [0, 0.05) is 18.8 Å². The fraction of sp³-hybridized carbons (Fsp3) is 0.263. The van der Waals surface area contributed by atoms with E-state index >= 15 is 0 Å². The van der Waals surface area contributed by atoms with Crippen molar-refractivity contribution < 1.29 is 19.1 Å². The molecule has 0 spiro atoms. The van der Waals surface area contributed by atoms with Crippen LogP contribution in [0.4, 0.5) is 11.4 Å². The maximum atomic E-state index is 12.6. The number of benzene rings is 2. The number of morpholine rings is 1. The van der Waals surface area contributed by atoms with Crippen molar-refractivity contribution in [3.63, 3.8) is 0 Å². The third-order valence-electron chi connectivity index (χ3n) is 4.00. The first-order chi connectivity index (χ1) is 12.7. The summed E-state index contributed by atoms with van der Waals surface area (Å²) in [4.78, 5) is 25.0. The Morgan fingerprint density at radius 3 is 2.58 bits per heavy atom. The second kappa shape index (κ2) is 8.46. The molecular formula is C19H21N3O4. The maximum Gasteiger partial charge on any atom is 0.257 e. The number of ether oxygens (including phenoxy) is 2. The number of carbonyl (C=O) groups is 2. The fourth-order valence-electron chi connectivity index (χ4n) is 2.61. The summed E-state index contributed by atoms with van der Waals surface area (Å²) in [6.07, 6.45) is -0.568. The van der Waals surface area contributed by atoms with E-state index in [2.05, 4.69) is 16.0 Å². The lowest BCUT2D eigenvalue weighted by Crippen LogP contribution is -2.45. The van der Waals surface area contributed by atoms with Crippen molar-refractivity contribution in [2.24, 2.45) is 0 Å². The number of amides is 2. The minimum absolute atomic E-state index is 0.276. The second-order valence-corrected chi connectivity index (χ2v) is 5.78. The van der Waals surface area contributed by atoms with E-state index in [1.54, 1.807) is 55.6 Å². The Hall–Kier alpha value is -2.90. The number of rotatable bonds is 5. The zero-order chi connectivity index (χ0) is 18.4. The molecule has 1 aliphatic heterocycles. The van der Waals surface area contributed by atoms with Gasteiger partial charge in [-0.25, -0.2) is 0 Å². The predicted octanol–water partition coefficient (Wildman–Crippen LogP) is 1.87. The van der Waals surface area contributed by atoms with E-state index in [-0.39, 0.29) is 11.8 Å². The van der Waals surface area contributed by atoms with Crippen molar-refractivity contribution >= 4 is 23.2 Å². The number of para-hydroxylation sites is 1. The molecule has 0 radical (unpaired) electrons. The number of hydrogen-bond donors (Lipinski definition) is 3. The molecule has 1 atom stereocenters. The number of anilines is 2. The summed E-state index contributed by atoms with van der Waals surface area (Å²) in [6, 6.07) is 13.9. The van der Waals surface area contributed by atoms with Crippen molar-refractivity contribution in [2.45, 2.75) is 6.10 Å². The van der Waals surface area contributed by atoms with Crippen molar-refractivity contribution in [3.8, 4) is 5.75 Å². The van der Waals surface area contributed by atoms with Crippen LogP contribution in [0.1, 0.15) is 10.4 Å². The molecule has 7 heteroatoms. The summed E-state index contributed by atoms with van der Waals surface area (Å²) in [6.45, 7) is 1.66. The van der Waals surface area contributed by atoms with Gasteiger partial charge >= 0.3 is 0 Å². The van der Waals surface area contributed by atoms with Crippen LogP contribution in [0.15, 0.2) is 48.5 Å². The van der Waals surface area contributed by atoms with Gasteiger partial charge in [-0.05, 0) is 36.4 Å². The Labute approximate surface area is 151 Å². The molecule has 1 aliphatic rings. The van der Waals surface area contributed by atoms with E-state index in [9.17, 15) is 9.59 Å². The Morgan fingerprint density at radius 2 is 1.88 bits per heavy atom. The van der Waals surface area contributed by atoms with Crippen LogP contribution in [0.2, 0.25) is 0 Å². The van der Waals surface area contributed by atoms with Crippen LogP contribution in [0.3, 0.4) is 0 Å². The molecule has 0 saturated carbocycles. The second-order valence-electron chi connectivity index (χ2n) is 5.78. The van der Waals surface area contributed by atoms with Crippen LogP contribution in [-0.4, -0.2) is 44.7 Å². The monoisotopic (exact) mass is 355 g/mol. The molecular weight excluding hydrogens is 334 g/mol. The van der Waals surface area contributed by atoms with Gasteiger partial charge in [0.2, 0.25) is 0 Å². The highest BCUT2D eigenvalue weighted by Gasteiger charge is 2.23. The molecule has 2 amide bonds. The van der Waals surface area contributed by atoms with E-state index in [0.29, 0.717) is 35.8 Å². The topological polar surface area (TPSA) is 88.7 Å². The molecule has 26 heavy (non-hydrogen) atoms. The lowest BCUT2D eigenvalue weighted by Gasteiger charge is -2.23. The average Bonchev–Trinajstić information content (AvgIpc) is 2.69. The minimum atomic E-state index is -0.568. The normalized spacial score (nSPS) is 16.6. The van der Waals surface area contributed by atoms with Crippen LogP contribution in [0.5, 0.6) is 5.75 Å². The van der Waals surface area contributed by atoms with E-state index in [1.807, 2.05) is 0 Å². The van der Waals surface area contributed by atoms with Gasteiger partial charge < -0.3 is 25.4 Å². The molecule has 0 unspecified atom stereocenters. The van der Waals surface area contributed by atoms with Crippen LogP contribution < -0.4 is 20.7 Å². The molecule has 136 valence electrons. The number of carbonyl (C=O) groups excluding carboxylic acids is 2. The maximum absolute atomic E-state index is 12.6. The molecule has 1 fully saturated rings. The van der Waals surface area contributed by atoms with E-state index in [0.717, 1.165) is 6.54 Å². The quantitative estimate of drug-likeness (QED) is 0.762. The van der Waals surface area contributed by atoms with Crippen molar-refractivity contribution in [1.29, 1.82) is 0 Å². The summed E-state index contributed by atoms with van der Waals surface area (Å²) in [7, 11) is 1.58. The SMILES string of the molecule is COc1ccc(NC(=O)c2ccccc2NC(=O)[C@H]2CNCCO2)cc1. The van der Waals surface area contributed by atoms with E-state index < -0.39 is 6.10 Å². The molecule has 1 heterocycles.